The van der Waals surface area contributed by atoms with Crippen LogP contribution in [0, 0.1) is 11.6 Å². The number of thiophene rings is 1. The molecular formula is C13H9F2NO3S. The molecule has 1 heterocycles. The van der Waals surface area contributed by atoms with E-state index in [-0.39, 0.29) is 0 Å². The molecule has 20 heavy (non-hydrogen) atoms. The van der Waals surface area contributed by atoms with Crippen LogP contribution >= 0.6 is 11.3 Å². The van der Waals surface area contributed by atoms with E-state index in [1.165, 1.54) is 31.4 Å². The number of carbonyl (C=O) groups excluding carboxylic acids is 2. The Morgan fingerprint density at radius 2 is 1.95 bits per heavy atom. The SMILES string of the molecule is COC(=O)c1ccc(NC(=O)c2cccc(F)c2F)s1. The highest BCUT2D eigenvalue weighted by Crippen LogP contribution is 2.23. The molecule has 7 heteroatoms. The Morgan fingerprint density at radius 1 is 1.20 bits per heavy atom. The molecule has 104 valence electrons. The molecule has 1 amide bonds. The number of carbonyl (C=O) groups is 2. The van der Waals surface area contributed by atoms with Crippen LogP contribution in [0.5, 0.6) is 0 Å². The lowest BCUT2D eigenvalue weighted by Crippen LogP contribution is -2.13. The van der Waals surface area contributed by atoms with Gasteiger partial charge in [0.05, 0.1) is 17.7 Å². The number of hydrogen-bond acceptors (Lipinski definition) is 4. The predicted octanol–water partition coefficient (Wildman–Crippen LogP) is 3.07. The summed E-state index contributed by atoms with van der Waals surface area (Å²) >= 11 is 0.976. The molecule has 0 unspecified atom stereocenters. The Morgan fingerprint density at radius 3 is 2.65 bits per heavy atom. The van der Waals surface area contributed by atoms with Crippen LogP contribution in [-0.4, -0.2) is 19.0 Å². The molecule has 0 saturated carbocycles. The number of hydrogen-bond donors (Lipinski definition) is 1. The number of esters is 1. The molecule has 0 fully saturated rings. The van der Waals surface area contributed by atoms with E-state index in [1.54, 1.807) is 0 Å². The van der Waals surface area contributed by atoms with Crippen LogP contribution in [0.4, 0.5) is 13.8 Å². The van der Waals surface area contributed by atoms with Crippen LogP contribution in [0.2, 0.25) is 0 Å². The van der Waals surface area contributed by atoms with Crippen LogP contribution in [0.3, 0.4) is 0 Å². The quantitative estimate of drug-likeness (QED) is 0.886. The van der Waals surface area contributed by atoms with Gasteiger partial charge in [0.1, 0.15) is 4.88 Å². The monoisotopic (exact) mass is 297 g/mol. The number of ether oxygens (including phenoxy) is 1. The van der Waals surface area contributed by atoms with E-state index < -0.39 is 29.1 Å². The largest absolute Gasteiger partial charge is 0.465 e. The lowest BCUT2D eigenvalue weighted by atomic mass is 10.2. The average Bonchev–Trinajstić information content (AvgIpc) is 2.89. The summed E-state index contributed by atoms with van der Waals surface area (Å²) in [6.07, 6.45) is 0. The molecule has 1 aromatic carbocycles. The molecule has 0 aliphatic heterocycles. The topological polar surface area (TPSA) is 55.4 Å². The minimum atomic E-state index is -1.21. The fourth-order valence-corrected chi connectivity index (χ4v) is 2.29. The van der Waals surface area contributed by atoms with Gasteiger partial charge >= 0.3 is 5.97 Å². The Bertz CT molecular complexity index is 669. The molecule has 0 atom stereocenters. The first-order valence-corrected chi connectivity index (χ1v) is 6.28. The second kappa shape index (κ2) is 5.79. The van der Waals surface area contributed by atoms with Gasteiger partial charge in [-0.05, 0) is 24.3 Å². The van der Waals surface area contributed by atoms with Gasteiger partial charge in [-0.15, -0.1) is 11.3 Å². The number of halogens is 2. The number of methoxy groups -OCH3 is 1. The first-order chi connectivity index (χ1) is 9.52. The summed E-state index contributed by atoms with van der Waals surface area (Å²) in [4.78, 5) is 23.3. The van der Waals surface area contributed by atoms with Gasteiger partial charge in [-0.25, -0.2) is 13.6 Å². The Balaban J connectivity index is 2.18. The van der Waals surface area contributed by atoms with Crippen molar-refractivity contribution in [3.05, 3.63) is 52.4 Å². The Labute approximate surface area is 117 Å². The summed E-state index contributed by atoms with van der Waals surface area (Å²) in [7, 11) is 1.24. The van der Waals surface area contributed by atoms with E-state index in [0.29, 0.717) is 9.88 Å². The van der Waals surface area contributed by atoms with Crippen molar-refractivity contribution in [1.29, 1.82) is 0 Å². The fraction of sp³-hybridized carbons (Fsp3) is 0.0769. The standard InChI is InChI=1S/C13H9F2NO3S/c1-19-13(18)9-5-6-10(20-9)16-12(17)7-3-2-4-8(14)11(7)15/h2-6H,1H3,(H,16,17). The summed E-state index contributed by atoms with van der Waals surface area (Å²) in [6.45, 7) is 0. The molecule has 0 radical (unpaired) electrons. The highest BCUT2D eigenvalue weighted by Gasteiger charge is 2.16. The van der Waals surface area contributed by atoms with Gasteiger partial charge in [0.15, 0.2) is 11.6 Å². The third-order valence-electron chi connectivity index (χ3n) is 2.43. The zero-order valence-corrected chi connectivity index (χ0v) is 11.1. The second-order valence-corrected chi connectivity index (χ2v) is 4.79. The van der Waals surface area contributed by atoms with Gasteiger partial charge in [0.2, 0.25) is 0 Å². The van der Waals surface area contributed by atoms with Gasteiger partial charge in [-0.3, -0.25) is 4.79 Å². The molecule has 1 aromatic heterocycles. The molecule has 0 saturated heterocycles. The lowest BCUT2D eigenvalue weighted by Gasteiger charge is -2.04. The summed E-state index contributed by atoms with van der Waals surface area (Å²) in [6, 6.07) is 6.27. The third kappa shape index (κ3) is 2.83. The van der Waals surface area contributed by atoms with Crippen LogP contribution in [0.1, 0.15) is 20.0 Å². The minimum Gasteiger partial charge on any atom is -0.465 e. The van der Waals surface area contributed by atoms with Crippen molar-refractivity contribution in [3.8, 4) is 0 Å². The first kappa shape index (κ1) is 14.1. The predicted molar refractivity (Wildman–Crippen MR) is 70.0 cm³/mol. The molecule has 2 rings (SSSR count). The van der Waals surface area contributed by atoms with Crippen molar-refractivity contribution < 1.29 is 23.1 Å². The number of nitrogens with one attached hydrogen (secondary N) is 1. The Hall–Kier alpha value is -2.28. The normalized spacial score (nSPS) is 10.2. The second-order valence-electron chi connectivity index (χ2n) is 3.71. The van der Waals surface area contributed by atoms with Crippen LogP contribution in [-0.2, 0) is 4.74 Å². The smallest absolute Gasteiger partial charge is 0.348 e. The van der Waals surface area contributed by atoms with E-state index >= 15 is 0 Å². The zero-order valence-electron chi connectivity index (χ0n) is 10.3. The van der Waals surface area contributed by atoms with Gasteiger partial charge in [0.25, 0.3) is 5.91 Å². The molecule has 0 aliphatic carbocycles. The highest BCUT2D eigenvalue weighted by atomic mass is 32.1. The molecule has 0 bridgehead atoms. The van der Waals surface area contributed by atoms with E-state index in [4.69, 9.17) is 0 Å². The third-order valence-corrected chi connectivity index (χ3v) is 3.41. The fourth-order valence-electron chi connectivity index (χ4n) is 1.47. The lowest BCUT2D eigenvalue weighted by molar-refractivity contribution is 0.0606. The summed E-state index contributed by atoms with van der Waals surface area (Å²) in [5.74, 6) is -3.64. The molecular weight excluding hydrogens is 288 g/mol. The van der Waals surface area contributed by atoms with Gasteiger partial charge in [0, 0.05) is 0 Å². The van der Waals surface area contributed by atoms with Gasteiger partial charge < -0.3 is 10.1 Å². The van der Waals surface area contributed by atoms with Crippen molar-refractivity contribution in [2.24, 2.45) is 0 Å². The maximum atomic E-state index is 13.4. The summed E-state index contributed by atoms with van der Waals surface area (Å²) in [5, 5.41) is 2.72. The maximum Gasteiger partial charge on any atom is 0.348 e. The van der Waals surface area contributed by atoms with Crippen molar-refractivity contribution >= 4 is 28.2 Å². The van der Waals surface area contributed by atoms with Crippen molar-refractivity contribution in [3.63, 3.8) is 0 Å². The van der Waals surface area contributed by atoms with Crippen molar-refractivity contribution in [2.45, 2.75) is 0 Å². The summed E-state index contributed by atoms with van der Waals surface area (Å²) in [5.41, 5.74) is -0.405. The summed E-state index contributed by atoms with van der Waals surface area (Å²) < 4.78 is 31.0. The van der Waals surface area contributed by atoms with Crippen molar-refractivity contribution in [2.75, 3.05) is 12.4 Å². The van der Waals surface area contributed by atoms with E-state index in [2.05, 4.69) is 10.1 Å². The zero-order chi connectivity index (χ0) is 14.7. The number of amides is 1. The maximum absolute atomic E-state index is 13.4. The van der Waals surface area contributed by atoms with E-state index in [1.807, 2.05) is 0 Å². The molecule has 0 aliphatic rings. The van der Waals surface area contributed by atoms with Crippen molar-refractivity contribution in [1.82, 2.24) is 0 Å². The minimum absolute atomic E-state index is 0.294. The van der Waals surface area contributed by atoms with Gasteiger partial charge in [-0.1, -0.05) is 6.07 Å². The first-order valence-electron chi connectivity index (χ1n) is 5.46. The molecule has 1 N–H and O–H groups in total. The molecule has 4 nitrogen and oxygen atoms in total. The number of anilines is 1. The molecule has 2 aromatic rings. The van der Waals surface area contributed by atoms with Gasteiger partial charge in [-0.2, -0.15) is 0 Å². The Kier molecular flexibility index (Phi) is 4.09. The van der Waals surface area contributed by atoms with Crippen LogP contribution < -0.4 is 5.32 Å². The highest BCUT2D eigenvalue weighted by molar-refractivity contribution is 7.18. The number of rotatable bonds is 3. The average molecular weight is 297 g/mol. The van der Waals surface area contributed by atoms with E-state index in [0.717, 1.165) is 17.4 Å². The van der Waals surface area contributed by atoms with Crippen LogP contribution in [0.15, 0.2) is 30.3 Å². The molecule has 0 spiro atoms. The van der Waals surface area contributed by atoms with E-state index in [9.17, 15) is 18.4 Å². The number of benzene rings is 1. The van der Waals surface area contributed by atoms with Crippen LogP contribution in [0.25, 0.3) is 0 Å².